The molecule has 1 aromatic heterocycles. The van der Waals surface area contributed by atoms with E-state index in [1.807, 2.05) is 0 Å². The predicted octanol–water partition coefficient (Wildman–Crippen LogP) is 13.0. The Morgan fingerprint density at radius 1 is 0.600 bits per heavy atom. The number of hydrogen-bond donors (Lipinski definition) is 0. The minimum atomic E-state index is 0.0531. The van der Waals surface area contributed by atoms with Crippen LogP contribution in [0.3, 0.4) is 0 Å². The van der Waals surface area contributed by atoms with Crippen molar-refractivity contribution in [3.8, 4) is 11.1 Å². The average Bonchev–Trinajstić information content (AvgIpc) is 3.55. The molecular weight excluding hydrogens is 663 g/mol. The molecule has 1 atom stereocenters. The Morgan fingerprint density at radius 3 is 2.18 bits per heavy atom. The number of rotatable bonds is 1. The van der Waals surface area contributed by atoms with Crippen LogP contribution in [0.2, 0.25) is 5.82 Å². The van der Waals surface area contributed by atoms with Crippen LogP contribution in [0.1, 0.15) is 37.5 Å². The van der Waals surface area contributed by atoms with Crippen LogP contribution in [0, 0.1) is 0 Å². The molecule has 0 saturated heterocycles. The summed E-state index contributed by atoms with van der Waals surface area (Å²) in [4.78, 5) is 2.69. The number of fused-ring (bicyclic) bond motifs is 11. The third-order valence-corrected chi connectivity index (χ3v) is 13.4. The molecule has 0 amide bonds. The molecule has 0 spiro atoms. The molecule has 9 aromatic carbocycles. The molecule has 1 unspecified atom stereocenters. The van der Waals surface area contributed by atoms with Gasteiger partial charge in [0, 0.05) is 55.3 Å². The van der Waals surface area contributed by atoms with Gasteiger partial charge in [0.25, 0.3) is 0 Å². The van der Waals surface area contributed by atoms with Crippen molar-refractivity contribution in [2.75, 3.05) is 4.90 Å². The number of para-hydroxylation sites is 2. The normalized spacial score (nSPS) is 16.1. The predicted molar refractivity (Wildman–Crippen MR) is 236 cm³/mol. The summed E-state index contributed by atoms with van der Waals surface area (Å²) in [7, 11) is 0. The summed E-state index contributed by atoms with van der Waals surface area (Å²) in [5, 5.41) is 13.3. The van der Waals surface area contributed by atoms with Crippen LogP contribution < -0.4 is 10.4 Å². The van der Waals surface area contributed by atoms with Gasteiger partial charge in [-0.15, -0.1) is 0 Å². The number of benzene rings is 9. The fourth-order valence-electron chi connectivity index (χ4n) is 11.0. The van der Waals surface area contributed by atoms with Gasteiger partial charge >= 0.3 is 6.85 Å². The van der Waals surface area contributed by atoms with E-state index in [0.29, 0.717) is 0 Å². The third kappa shape index (κ3) is 3.81. The molecule has 3 heterocycles. The Bertz CT molecular complexity index is 3340. The standard InChI is InChI=1S/C52H37BN2/c1-52(2,3)36-25-34-20-23-40-47-42(24-21-35(26-36)46(34)47)51-49-48(40)41-17-10-16-39-38-15-8-9-18-44(38)55(50(39)41)53(49)43-28-32-13-6-7-14-33(32)29-45(43)54(51)37-22-19-30-11-4-5-12-31(30)27-37/h4-27,29,43H,28H2,1-3H3. The van der Waals surface area contributed by atoms with Crippen LogP contribution in [0.25, 0.3) is 82.1 Å². The van der Waals surface area contributed by atoms with Gasteiger partial charge in [-0.3, -0.25) is 0 Å². The first-order valence-corrected chi connectivity index (χ1v) is 19.8. The van der Waals surface area contributed by atoms with Gasteiger partial charge < -0.3 is 9.38 Å². The maximum atomic E-state index is 2.75. The summed E-state index contributed by atoms with van der Waals surface area (Å²) in [5.74, 6) is 0.225. The number of allylic oxidation sites excluding steroid dienone is 1. The summed E-state index contributed by atoms with van der Waals surface area (Å²) >= 11 is 0. The van der Waals surface area contributed by atoms with E-state index in [9.17, 15) is 0 Å². The van der Waals surface area contributed by atoms with Crippen molar-refractivity contribution in [1.82, 2.24) is 4.48 Å². The molecule has 3 aliphatic rings. The Labute approximate surface area is 320 Å². The van der Waals surface area contributed by atoms with E-state index in [2.05, 4.69) is 182 Å². The van der Waals surface area contributed by atoms with Crippen molar-refractivity contribution < 1.29 is 0 Å². The summed E-state index contributed by atoms with van der Waals surface area (Å²) in [5.41, 5.74) is 15.0. The lowest BCUT2D eigenvalue weighted by Crippen LogP contribution is -2.54. The zero-order chi connectivity index (χ0) is 36.3. The number of hydrogen-bond acceptors (Lipinski definition) is 1. The lowest BCUT2D eigenvalue weighted by molar-refractivity contribution is 0.591. The Morgan fingerprint density at radius 2 is 1.33 bits per heavy atom. The Kier molecular flexibility index (Phi) is 5.60. The highest BCUT2D eigenvalue weighted by Gasteiger charge is 2.49. The zero-order valence-corrected chi connectivity index (χ0v) is 31.2. The average molecular weight is 701 g/mol. The van der Waals surface area contributed by atoms with Crippen molar-refractivity contribution in [2.45, 2.75) is 38.4 Å². The minimum Gasteiger partial charge on any atom is -0.379 e. The van der Waals surface area contributed by atoms with Crippen LogP contribution in [0.15, 0.2) is 151 Å². The lowest BCUT2D eigenvalue weighted by Gasteiger charge is -2.47. The molecule has 3 heteroatoms. The second-order valence-electron chi connectivity index (χ2n) is 17.3. The third-order valence-electron chi connectivity index (χ3n) is 13.4. The zero-order valence-electron chi connectivity index (χ0n) is 31.2. The fourth-order valence-corrected chi connectivity index (χ4v) is 11.0. The molecule has 0 bridgehead atoms. The minimum absolute atomic E-state index is 0.0531. The maximum Gasteiger partial charge on any atom is 0.306 e. The topological polar surface area (TPSA) is 8.17 Å². The van der Waals surface area contributed by atoms with Crippen LogP contribution in [-0.2, 0) is 11.8 Å². The smallest absolute Gasteiger partial charge is 0.306 e. The van der Waals surface area contributed by atoms with Crippen molar-refractivity contribution >= 4 is 94.7 Å². The highest BCUT2D eigenvalue weighted by Crippen LogP contribution is 2.56. The van der Waals surface area contributed by atoms with E-state index in [0.717, 1.165) is 6.42 Å². The lowest BCUT2D eigenvalue weighted by atomic mass is 9.39. The van der Waals surface area contributed by atoms with E-state index >= 15 is 0 Å². The maximum absolute atomic E-state index is 2.75. The van der Waals surface area contributed by atoms with Crippen LogP contribution in [0.5, 0.6) is 0 Å². The van der Waals surface area contributed by atoms with E-state index in [-0.39, 0.29) is 18.1 Å². The quantitative estimate of drug-likeness (QED) is 0.122. The molecule has 2 nitrogen and oxygen atoms in total. The van der Waals surface area contributed by atoms with Gasteiger partial charge in [-0.05, 0) is 96.1 Å². The Hall–Kier alpha value is -6.32. The first-order valence-electron chi connectivity index (χ1n) is 19.8. The largest absolute Gasteiger partial charge is 0.379 e. The van der Waals surface area contributed by atoms with Gasteiger partial charge in [0.2, 0.25) is 0 Å². The van der Waals surface area contributed by atoms with E-state index in [1.54, 1.807) is 0 Å². The molecule has 0 fully saturated rings. The van der Waals surface area contributed by atoms with Gasteiger partial charge in [0.15, 0.2) is 0 Å². The number of anilines is 2. The first-order chi connectivity index (χ1) is 26.9. The molecule has 13 rings (SSSR count). The molecule has 0 N–H and O–H groups in total. The monoisotopic (exact) mass is 700 g/mol. The summed E-state index contributed by atoms with van der Waals surface area (Å²) in [6.45, 7) is 7.10. The van der Waals surface area contributed by atoms with E-state index in [4.69, 9.17) is 0 Å². The molecule has 0 radical (unpaired) electrons. The molecule has 10 aromatic rings. The Balaban J connectivity index is 1.26. The second-order valence-corrected chi connectivity index (χ2v) is 17.3. The van der Waals surface area contributed by atoms with Gasteiger partial charge in [0.05, 0.1) is 5.69 Å². The van der Waals surface area contributed by atoms with Gasteiger partial charge in [-0.1, -0.05) is 148 Å². The molecule has 1 aliphatic carbocycles. The second kappa shape index (κ2) is 10.3. The van der Waals surface area contributed by atoms with Crippen molar-refractivity contribution in [3.05, 3.63) is 168 Å². The molecule has 2 aliphatic heterocycles. The summed E-state index contributed by atoms with van der Waals surface area (Å²) < 4.78 is 2.75. The molecule has 258 valence electrons. The van der Waals surface area contributed by atoms with Crippen LogP contribution in [0.4, 0.5) is 11.4 Å². The summed E-state index contributed by atoms with van der Waals surface area (Å²) in [6, 6.07) is 55.8. The highest BCUT2D eigenvalue weighted by atomic mass is 15.2. The van der Waals surface area contributed by atoms with Crippen LogP contribution >= 0.6 is 0 Å². The molecule has 55 heavy (non-hydrogen) atoms. The van der Waals surface area contributed by atoms with E-state index < -0.39 is 0 Å². The molecular formula is C52H37BN2. The number of nitrogens with zero attached hydrogens (tertiary/aromatic N) is 2. The highest BCUT2D eigenvalue weighted by molar-refractivity contribution is 6.81. The van der Waals surface area contributed by atoms with Gasteiger partial charge in [0.1, 0.15) is 0 Å². The van der Waals surface area contributed by atoms with Crippen molar-refractivity contribution in [1.29, 1.82) is 0 Å². The molecule has 0 saturated carbocycles. The van der Waals surface area contributed by atoms with Gasteiger partial charge in [-0.25, -0.2) is 0 Å². The number of aromatic nitrogens is 1. The van der Waals surface area contributed by atoms with Crippen LogP contribution in [-0.4, -0.2) is 11.3 Å². The van der Waals surface area contributed by atoms with Crippen molar-refractivity contribution in [3.63, 3.8) is 0 Å². The fraction of sp³-hybridized carbons (Fsp3) is 0.115. The first kappa shape index (κ1) is 30.1. The van der Waals surface area contributed by atoms with E-state index in [1.165, 1.54) is 115 Å². The van der Waals surface area contributed by atoms with Crippen molar-refractivity contribution in [2.24, 2.45) is 0 Å². The SMILES string of the molecule is CC(C)(C)c1cc2ccc3c4c5c(c6ccc(c1)c2c36)N(c1ccc2ccccc2c1)C1=Cc2ccccc2CC1B5n1c2ccccc2c2cccc-4c21. The van der Waals surface area contributed by atoms with Gasteiger partial charge in [-0.2, -0.15) is 0 Å². The summed E-state index contributed by atoms with van der Waals surface area (Å²) in [6.07, 6.45) is 3.50.